The van der Waals surface area contributed by atoms with Gasteiger partial charge < -0.3 is 20.1 Å². The topological polar surface area (TPSA) is 145 Å². The Bertz CT molecular complexity index is 1590. The summed E-state index contributed by atoms with van der Waals surface area (Å²) in [6.45, 7) is 2.00. The van der Waals surface area contributed by atoms with E-state index in [-0.39, 0.29) is 17.6 Å². The third-order valence-corrected chi connectivity index (χ3v) is 5.63. The molecule has 0 unspecified atom stereocenters. The van der Waals surface area contributed by atoms with Crippen molar-refractivity contribution in [1.29, 1.82) is 0 Å². The minimum absolute atomic E-state index is 0.241. The molecule has 34 heavy (non-hydrogen) atoms. The minimum Gasteiger partial charge on any atom is -0.493 e. The van der Waals surface area contributed by atoms with Gasteiger partial charge in [0.25, 0.3) is 0 Å². The highest BCUT2D eigenvalue weighted by Gasteiger charge is 2.20. The van der Waals surface area contributed by atoms with Crippen molar-refractivity contribution >= 4 is 17.6 Å². The Kier molecular flexibility index (Phi) is 4.86. The number of imidazole rings is 1. The normalized spacial score (nSPS) is 16.8. The van der Waals surface area contributed by atoms with Crippen molar-refractivity contribution in [2.75, 3.05) is 19.7 Å². The Morgan fingerprint density at radius 1 is 1.26 bits per heavy atom. The molecular formula is C23H22N8O3. The molecule has 0 saturated heterocycles. The van der Waals surface area contributed by atoms with Crippen LogP contribution in [0.15, 0.2) is 51.3 Å². The van der Waals surface area contributed by atoms with Crippen molar-refractivity contribution in [2.24, 2.45) is 9.98 Å². The quantitative estimate of drug-likeness (QED) is 0.323. The number of nitrogens with zero attached hydrogens (tertiary/aromatic N) is 5. The van der Waals surface area contributed by atoms with E-state index in [1.54, 1.807) is 16.8 Å². The Labute approximate surface area is 192 Å². The van der Waals surface area contributed by atoms with Gasteiger partial charge in [-0.05, 0) is 31.1 Å². The second-order valence-corrected chi connectivity index (χ2v) is 8.25. The molecule has 0 radical (unpaired) electrons. The smallest absolute Gasteiger partial charge is 0.326 e. The number of aromatic hydroxyl groups is 1. The molecule has 1 aliphatic carbocycles. The SMILES string of the molecule is O=c1[nH]c(O)c(C=c2cnn3c(=NC4CC4)cc(-c4cccc(OCC5=NCCN5)c4)nc23)[nH]1. The molecule has 1 saturated carbocycles. The molecule has 11 heteroatoms. The van der Waals surface area contributed by atoms with Crippen LogP contribution in [0.5, 0.6) is 11.6 Å². The third kappa shape index (κ3) is 4.03. The number of rotatable bonds is 6. The van der Waals surface area contributed by atoms with Crippen LogP contribution >= 0.6 is 0 Å². The molecule has 6 rings (SSSR count). The summed E-state index contributed by atoms with van der Waals surface area (Å²) >= 11 is 0. The predicted molar refractivity (Wildman–Crippen MR) is 125 cm³/mol. The van der Waals surface area contributed by atoms with Gasteiger partial charge >= 0.3 is 5.69 Å². The molecular weight excluding hydrogens is 436 g/mol. The number of hydrogen-bond donors (Lipinski definition) is 4. The maximum Gasteiger partial charge on any atom is 0.326 e. The van der Waals surface area contributed by atoms with Crippen LogP contribution in [-0.4, -0.2) is 61.2 Å². The van der Waals surface area contributed by atoms with Crippen LogP contribution in [0, 0.1) is 0 Å². The van der Waals surface area contributed by atoms with Crippen molar-refractivity contribution in [1.82, 2.24) is 29.9 Å². The van der Waals surface area contributed by atoms with Gasteiger partial charge in [0.05, 0.1) is 24.5 Å². The molecule has 4 heterocycles. The van der Waals surface area contributed by atoms with E-state index >= 15 is 0 Å². The van der Waals surface area contributed by atoms with E-state index in [2.05, 4.69) is 25.4 Å². The lowest BCUT2D eigenvalue weighted by atomic mass is 10.1. The lowest BCUT2D eigenvalue weighted by molar-refractivity contribution is 0.374. The zero-order chi connectivity index (χ0) is 23.1. The molecule has 3 aromatic heterocycles. The van der Waals surface area contributed by atoms with Gasteiger partial charge in [0, 0.05) is 23.4 Å². The summed E-state index contributed by atoms with van der Waals surface area (Å²) in [6, 6.07) is 9.92. The van der Waals surface area contributed by atoms with Crippen molar-refractivity contribution in [3.05, 3.63) is 63.4 Å². The molecule has 1 fully saturated rings. The monoisotopic (exact) mass is 458 g/mol. The maximum absolute atomic E-state index is 11.5. The molecule has 0 atom stereocenters. The lowest BCUT2D eigenvalue weighted by Gasteiger charge is -2.09. The van der Waals surface area contributed by atoms with Gasteiger partial charge in [-0.25, -0.2) is 9.78 Å². The van der Waals surface area contributed by atoms with Crippen LogP contribution in [0.2, 0.25) is 0 Å². The van der Waals surface area contributed by atoms with E-state index in [1.165, 1.54) is 0 Å². The molecule has 11 nitrogen and oxygen atoms in total. The average Bonchev–Trinajstić information content (AvgIpc) is 3.19. The van der Waals surface area contributed by atoms with Crippen molar-refractivity contribution < 1.29 is 9.84 Å². The molecule has 1 aromatic carbocycles. The number of aromatic amines is 2. The highest BCUT2D eigenvalue weighted by Crippen LogP contribution is 2.24. The lowest BCUT2D eigenvalue weighted by Crippen LogP contribution is -2.24. The number of benzene rings is 1. The number of nitrogens with one attached hydrogen (secondary N) is 3. The summed E-state index contributed by atoms with van der Waals surface area (Å²) in [4.78, 5) is 30.4. The van der Waals surface area contributed by atoms with E-state index in [9.17, 15) is 9.90 Å². The number of fused-ring (bicyclic) bond motifs is 1. The van der Waals surface area contributed by atoms with Gasteiger partial charge in [-0.1, -0.05) is 12.1 Å². The number of ether oxygens (including phenoxy) is 1. The summed E-state index contributed by atoms with van der Waals surface area (Å²) in [6.07, 6.45) is 5.37. The van der Waals surface area contributed by atoms with Gasteiger partial charge in [0.2, 0.25) is 5.88 Å². The predicted octanol–water partition coefficient (Wildman–Crippen LogP) is 0.110. The molecule has 0 amide bonds. The Balaban J connectivity index is 1.44. The molecule has 172 valence electrons. The second kappa shape index (κ2) is 8.18. The summed E-state index contributed by atoms with van der Waals surface area (Å²) in [5.41, 5.74) is 2.62. The summed E-state index contributed by atoms with van der Waals surface area (Å²) in [5, 5.41) is 18.3. The minimum atomic E-state index is -0.492. The largest absolute Gasteiger partial charge is 0.493 e. The molecule has 1 aliphatic heterocycles. The fourth-order valence-electron chi connectivity index (χ4n) is 3.78. The molecule has 0 bridgehead atoms. The number of hydrogen-bond acceptors (Lipinski definition) is 8. The Hall–Kier alpha value is -4.41. The van der Waals surface area contributed by atoms with Gasteiger partial charge in [-0.3, -0.25) is 15.0 Å². The van der Waals surface area contributed by atoms with Gasteiger partial charge in [-0.15, -0.1) is 0 Å². The first-order valence-corrected chi connectivity index (χ1v) is 11.1. The highest BCUT2D eigenvalue weighted by molar-refractivity contribution is 5.85. The van der Waals surface area contributed by atoms with Crippen LogP contribution in [0.25, 0.3) is 23.0 Å². The average molecular weight is 458 g/mol. The first kappa shape index (κ1) is 20.2. The fraction of sp³-hybridized carbons (Fsp3) is 0.261. The van der Waals surface area contributed by atoms with E-state index in [0.717, 1.165) is 43.0 Å². The Morgan fingerprint density at radius 2 is 2.18 bits per heavy atom. The Morgan fingerprint density at radius 3 is 2.94 bits per heavy atom. The standard InChI is InChI=1S/C23H22N8O3/c32-22-18(29-23(33)30-22)9-14-11-26-31-20(27-15-4-5-15)10-17(28-21(14)31)13-2-1-3-16(8-13)34-12-19-24-6-7-25-19/h1-3,8-11,15,32H,4-7,12H2,(H,24,25)(H2,29,30,33). The number of aromatic nitrogens is 5. The summed E-state index contributed by atoms with van der Waals surface area (Å²) < 4.78 is 7.59. The summed E-state index contributed by atoms with van der Waals surface area (Å²) in [7, 11) is 0. The maximum atomic E-state index is 11.5. The number of H-pyrrole nitrogens is 2. The molecule has 0 spiro atoms. The van der Waals surface area contributed by atoms with Crippen LogP contribution < -0.4 is 26.4 Å². The molecule has 2 aliphatic rings. The number of amidine groups is 1. The van der Waals surface area contributed by atoms with Crippen molar-refractivity contribution in [3.8, 4) is 22.9 Å². The van der Waals surface area contributed by atoms with Crippen LogP contribution in [-0.2, 0) is 0 Å². The zero-order valence-corrected chi connectivity index (χ0v) is 18.2. The van der Waals surface area contributed by atoms with Crippen LogP contribution in [0.3, 0.4) is 0 Å². The highest BCUT2D eigenvalue weighted by atomic mass is 16.5. The van der Waals surface area contributed by atoms with Gasteiger partial charge in [0.15, 0.2) is 11.1 Å². The van der Waals surface area contributed by atoms with E-state index in [4.69, 9.17) is 14.7 Å². The van der Waals surface area contributed by atoms with Crippen LogP contribution in [0.1, 0.15) is 18.5 Å². The molecule has 4 N–H and O–H groups in total. The van der Waals surface area contributed by atoms with Crippen LogP contribution in [0.4, 0.5) is 0 Å². The van der Waals surface area contributed by atoms with Gasteiger partial charge in [0.1, 0.15) is 23.9 Å². The zero-order valence-electron chi connectivity index (χ0n) is 18.2. The first-order chi connectivity index (χ1) is 16.6. The first-order valence-electron chi connectivity index (χ1n) is 11.1. The van der Waals surface area contributed by atoms with Crippen molar-refractivity contribution in [2.45, 2.75) is 18.9 Å². The van der Waals surface area contributed by atoms with Gasteiger partial charge in [-0.2, -0.15) is 9.61 Å². The fourth-order valence-corrected chi connectivity index (χ4v) is 3.78. The van der Waals surface area contributed by atoms with E-state index in [0.29, 0.717) is 28.7 Å². The number of aliphatic imine (C=N–C) groups is 1. The van der Waals surface area contributed by atoms with E-state index < -0.39 is 5.69 Å². The molecule has 4 aromatic rings. The third-order valence-electron chi connectivity index (χ3n) is 5.63. The summed E-state index contributed by atoms with van der Waals surface area (Å²) in [5.74, 6) is 1.32. The second-order valence-electron chi connectivity index (χ2n) is 8.25. The van der Waals surface area contributed by atoms with Crippen molar-refractivity contribution in [3.63, 3.8) is 0 Å². The van der Waals surface area contributed by atoms with E-state index in [1.807, 2.05) is 30.3 Å².